The van der Waals surface area contributed by atoms with Crippen molar-refractivity contribution in [1.82, 2.24) is 0 Å². The number of hydrogen-bond acceptors (Lipinski definition) is 4. The van der Waals surface area contributed by atoms with Crippen molar-refractivity contribution in [3.8, 4) is 6.07 Å². The third-order valence-electron chi connectivity index (χ3n) is 2.47. The van der Waals surface area contributed by atoms with Gasteiger partial charge in [-0.3, -0.25) is 0 Å². The fourth-order valence-electron chi connectivity index (χ4n) is 1.66. The highest BCUT2D eigenvalue weighted by Gasteiger charge is 2.31. The molecule has 16 heavy (non-hydrogen) atoms. The first kappa shape index (κ1) is 10.5. The number of rotatable bonds is 2. The molecular weight excluding hydrogens is 208 g/mol. The monoisotopic (exact) mass is 218 g/mol. The predicted octanol–water partition coefficient (Wildman–Crippen LogP) is 0.806. The Morgan fingerprint density at radius 1 is 1.62 bits per heavy atom. The quantitative estimate of drug-likeness (QED) is 0.795. The molecule has 0 bridgehead atoms. The molecule has 0 aliphatic carbocycles. The molecule has 1 saturated heterocycles. The molecule has 1 aromatic rings. The number of nitriles is 1. The second kappa shape index (κ2) is 4.21. The molecule has 1 unspecified atom stereocenters. The van der Waals surface area contributed by atoms with Gasteiger partial charge in [0, 0.05) is 5.69 Å². The van der Waals surface area contributed by atoms with Gasteiger partial charge in [0.1, 0.15) is 6.73 Å². The fraction of sp³-hybridized carbons (Fsp3) is 0.273. The average molecular weight is 218 g/mol. The molecule has 5 heteroatoms. The first-order valence-electron chi connectivity index (χ1n) is 4.80. The van der Waals surface area contributed by atoms with Crippen LogP contribution < -0.4 is 4.90 Å². The van der Waals surface area contributed by atoms with Crippen molar-refractivity contribution in [2.24, 2.45) is 0 Å². The Kier molecular flexibility index (Phi) is 2.75. The van der Waals surface area contributed by atoms with Crippen LogP contribution in [-0.4, -0.2) is 30.5 Å². The third kappa shape index (κ3) is 1.83. The van der Waals surface area contributed by atoms with E-state index in [1.165, 1.54) is 0 Å². The van der Waals surface area contributed by atoms with E-state index in [2.05, 4.69) is 0 Å². The summed E-state index contributed by atoms with van der Waals surface area (Å²) in [6.45, 7) is 0.415. The number of carboxylic acid groups (broad SMARTS) is 1. The lowest BCUT2D eigenvalue weighted by atomic mass is 10.2. The number of carboxylic acids is 1. The van der Waals surface area contributed by atoms with E-state index in [1.54, 1.807) is 29.2 Å². The van der Waals surface area contributed by atoms with Gasteiger partial charge in [-0.1, -0.05) is 6.07 Å². The van der Waals surface area contributed by atoms with Crippen molar-refractivity contribution in [3.63, 3.8) is 0 Å². The molecule has 5 nitrogen and oxygen atoms in total. The zero-order valence-corrected chi connectivity index (χ0v) is 8.46. The lowest BCUT2D eigenvalue weighted by Crippen LogP contribution is -2.37. The van der Waals surface area contributed by atoms with Crippen molar-refractivity contribution in [1.29, 1.82) is 5.26 Å². The second-order valence-electron chi connectivity index (χ2n) is 3.49. The molecule has 2 rings (SSSR count). The van der Waals surface area contributed by atoms with Crippen LogP contribution in [0, 0.1) is 11.3 Å². The topological polar surface area (TPSA) is 73.6 Å². The SMILES string of the molecule is N#Cc1cccc(N2COCC2C(=O)O)c1. The maximum absolute atomic E-state index is 11.0. The Morgan fingerprint density at radius 2 is 2.44 bits per heavy atom. The van der Waals surface area contributed by atoms with Gasteiger partial charge in [0.05, 0.1) is 18.2 Å². The summed E-state index contributed by atoms with van der Waals surface area (Å²) in [6.07, 6.45) is 0. The van der Waals surface area contributed by atoms with Crippen LogP contribution >= 0.6 is 0 Å². The molecule has 1 aliphatic heterocycles. The predicted molar refractivity (Wildman–Crippen MR) is 55.9 cm³/mol. The minimum absolute atomic E-state index is 0.173. The van der Waals surface area contributed by atoms with E-state index >= 15 is 0 Å². The van der Waals surface area contributed by atoms with Gasteiger partial charge in [-0.2, -0.15) is 5.26 Å². The lowest BCUT2D eigenvalue weighted by molar-refractivity contribution is -0.138. The number of nitrogens with zero attached hydrogens (tertiary/aromatic N) is 2. The zero-order chi connectivity index (χ0) is 11.5. The van der Waals surface area contributed by atoms with E-state index in [-0.39, 0.29) is 13.3 Å². The van der Waals surface area contributed by atoms with Crippen molar-refractivity contribution in [3.05, 3.63) is 29.8 Å². The van der Waals surface area contributed by atoms with Crippen LogP contribution in [0.5, 0.6) is 0 Å². The van der Waals surface area contributed by atoms with Crippen molar-refractivity contribution >= 4 is 11.7 Å². The smallest absolute Gasteiger partial charge is 0.328 e. The van der Waals surface area contributed by atoms with Crippen LogP contribution in [0.25, 0.3) is 0 Å². The highest BCUT2D eigenvalue weighted by molar-refractivity contribution is 5.79. The highest BCUT2D eigenvalue weighted by Crippen LogP contribution is 2.22. The summed E-state index contributed by atoms with van der Waals surface area (Å²) in [6, 6.07) is 8.18. The van der Waals surface area contributed by atoms with Crippen molar-refractivity contribution < 1.29 is 14.6 Å². The molecule has 82 valence electrons. The molecule has 0 saturated carbocycles. The summed E-state index contributed by atoms with van der Waals surface area (Å²) in [4.78, 5) is 12.6. The van der Waals surface area contributed by atoms with Gasteiger partial charge in [-0.25, -0.2) is 4.79 Å². The van der Waals surface area contributed by atoms with E-state index < -0.39 is 12.0 Å². The Morgan fingerprint density at radius 3 is 3.12 bits per heavy atom. The highest BCUT2D eigenvalue weighted by atomic mass is 16.5. The summed E-state index contributed by atoms with van der Waals surface area (Å²) < 4.78 is 5.12. The van der Waals surface area contributed by atoms with Gasteiger partial charge in [-0.05, 0) is 18.2 Å². The number of carbonyl (C=O) groups is 1. The van der Waals surface area contributed by atoms with Gasteiger partial charge in [0.2, 0.25) is 0 Å². The molecule has 1 aromatic carbocycles. The summed E-state index contributed by atoms with van der Waals surface area (Å²) in [5.74, 6) is -0.917. The van der Waals surface area contributed by atoms with Crippen LogP contribution in [-0.2, 0) is 9.53 Å². The molecule has 1 N–H and O–H groups in total. The Balaban J connectivity index is 2.29. The van der Waals surface area contributed by atoms with Crippen LogP contribution in [0.15, 0.2) is 24.3 Å². The Hall–Kier alpha value is -2.06. The molecule has 0 spiro atoms. The molecule has 0 radical (unpaired) electrons. The minimum Gasteiger partial charge on any atom is -0.480 e. The van der Waals surface area contributed by atoms with Gasteiger partial charge in [0.25, 0.3) is 0 Å². The summed E-state index contributed by atoms with van der Waals surface area (Å²) in [5, 5.41) is 17.7. The maximum Gasteiger partial charge on any atom is 0.328 e. The van der Waals surface area contributed by atoms with E-state index in [0.717, 1.165) is 0 Å². The number of aliphatic carboxylic acids is 1. The number of hydrogen-bond donors (Lipinski definition) is 1. The molecule has 0 aromatic heterocycles. The Bertz CT molecular complexity index is 453. The average Bonchev–Trinajstić information content (AvgIpc) is 2.78. The normalized spacial score (nSPS) is 19.4. The molecule has 1 atom stereocenters. The van der Waals surface area contributed by atoms with E-state index in [9.17, 15) is 4.79 Å². The van der Waals surface area contributed by atoms with E-state index in [4.69, 9.17) is 15.1 Å². The number of benzene rings is 1. The first-order chi connectivity index (χ1) is 7.72. The van der Waals surface area contributed by atoms with E-state index in [0.29, 0.717) is 11.3 Å². The van der Waals surface area contributed by atoms with Crippen LogP contribution in [0.2, 0.25) is 0 Å². The molecular formula is C11H10N2O3. The largest absolute Gasteiger partial charge is 0.480 e. The molecule has 1 aliphatic rings. The first-order valence-corrected chi connectivity index (χ1v) is 4.80. The Labute approximate surface area is 92.5 Å². The number of anilines is 1. The van der Waals surface area contributed by atoms with Gasteiger partial charge in [0.15, 0.2) is 6.04 Å². The third-order valence-corrected chi connectivity index (χ3v) is 2.47. The maximum atomic E-state index is 11.0. The van der Waals surface area contributed by atoms with Gasteiger partial charge in [-0.15, -0.1) is 0 Å². The second-order valence-corrected chi connectivity index (χ2v) is 3.49. The minimum atomic E-state index is -0.917. The van der Waals surface area contributed by atoms with Crippen molar-refractivity contribution in [2.45, 2.75) is 6.04 Å². The van der Waals surface area contributed by atoms with Crippen molar-refractivity contribution in [2.75, 3.05) is 18.2 Å². The zero-order valence-electron chi connectivity index (χ0n) is 8.46. The van der Waals surface area contributed by atoms with Crippen LogP contribution in [0.3, 0.4) is 0 Å². The summed E-state index contributed by atoms with van der Waals surface area (Å²) >= 11 is 0. The van der Waals surface area contributed by atoms with E-state index in [1.807, 2.05) is 6.07 Å². The standard InChI is InChI=1S/C11H10N2O3/c12-5-8-2-1-3-9(4-8)13-7-16-6-10(13)11(14)15/h1-4,10H,6-7H2,(H,14,15). The van der Waals surface area contributed by atoms with Crippen LogP contribution in [0.1, 0.15) is 5.56 Å². The number of ether oxygens (including phenoxy) is 1. The molecule has 1 heterocycles. The molecule has 0 amide bonds. The van der Waals surface area contributed by atoms with Crippen LogP contribution in [0.4, 0.5) is 5.69 Å². The molecule has 1 fully saturated rings. The van der Waals surface area contributed by atoms with Gasteiger partial charge < -0.3 is 14.7 Å². The summed E-state index contributed by atoms with van der Waals surface area (Å²) in [7, 11) is 0. The lowest BCUT2D eigenvalue weighted by Gasteiger charge is -2.21. The van der Waals surface area contributed by atoms with Gasteiger partial charge >= 0.3 is 5.97 Å². The fourth-order valence-corrected chi connectivity index (χ4v) is 1.66. The summed E-state index contributed by atoms with van der Waals surface area (Å²) in [5.41, 5.74) is 1.21.